The number of methoxy groups -OCH3 is 1. The van der Waals surface area contributed by atoms with Gasteiger partial charge < -0.3 is 19.6 Å². The van der Waals surface area contributed by atoms with E-state index < -0.39 is 17.7 Å². The lowest BCUT2D eigenvalue weighted by Gasteiger charge is -2.26. The van der Waals surface area contributed by atoms with Crippen molar-refractivity contribution in [1.82, 2.24) is 9.80 Å². The smallest absolute Gasteiger partial charge is 0.295 e. The Hall–Kier alpha value is -3.12. The van der Waals surface area contributed by atoms with Gasteiger partial charge in [0, 0.05) is 12.1 Å². The summed E-state index contributed by atoms with van der Waals surface area (Å²) in [6.07, 6.45) is 0.719. The predicted molar refractivity (Wildman–Crippen MR) is 116 cm³/mol. The number of aryl methyl sites for hydroxylation is 1. The van der Waals surface area contributed by atoms with Crippen molar-refractivity contribution in [2.45, 2.75) is 19.4 Å². The van der Waals surface area contributed by atoms with E-state index in [1.54, 1.807) is 36.3 Å². The van der Waals surface area contributed by atoms with Crippen LogP contribution in [0.15, 0.2) is 54.1 Å². The van der Waals surface area contributed by atoms with E-state index in [1.807, 2.05) is 50.2 Å². The molecule has 3 rings (SSSR count). The van der Waals surface area contributed by atoms with Crippen molar-refractivity contribution in [2.24, 2.45) is 0 Å². The third-order valence-corrected chi connectivity index (χ3v) is 5.30. The van der Waals surface area contributed by atoms with Crippen molar-refractivity contribution in [2.75, 3.05) is 34.3 Å². The molecule has 1 aliphatic heterocycles. The number of carbonyl (C=O) groups is 2. The zero-order valence-electron chi connectivity index (χ0n) is 17.9. The summed E-state index contributed by atoms with van der Waals surface area (Å²) in [5.41, 5.74) is 2.44. The molecule has 0 aliphatic carbocycles. The highest BCUT2D eigenvalue weighted by Crippen LogP contribution is 2.39. The molecule has 1 heterocycles. The number of aliphatic hydroxyl groups is 1. The number of ketones is 1. The van der Waals surface area contributed by atoms with E-state index in [2.05, 4.69) is 0 Å². The van der Waals surface area contributed by atoms with Gasteiger partial charge >= 0.3 is 0 Å². The van der Waals surface area contributed by atoms with E-state index in [0.717, 1.165) is 24.1 Å². The second kappa shape index (κ2) is 9.13. The Bertz CT molecular complexity index is 946. The molecular formula is C24H28N2O4. The van der Waals surface area contributed by atoms with Crippen LogP contribution in [-0.4, -0.2) is 60.9 Å². The van der Waals surface area contributed by atoms with E-state index in [9.17, 15) is 14.7 Å². The molecule has 0 aromatic heterocycles. The maximum Gasteiger partial charge on any atom is 0.295 e. The highest BCUT2D eigenvalue weighted by atomic mass is 16.5. The van der Waals surface area contributed by atoms with E-state index in [-0.39, 0.29) is 11.3 Å². The van der Waals surface area contributed by atoms with Crippen LogP contribution in [0.25, 0.3) is 5.76 Å². The Morgan fingerprint density at radius 2 is 1.70 bits per heavy atom. The van der Waals surface area contributed by atoms with Crippen LogP contribution in [0.1, 0.15) is 29.2 Å². The van der Waals surface area contributed by atoms with Crippen LogP contribution in [-0.2, 0) is 9.59 Å². The number of ether oxygens (including phenoxy) is 1. The summed E-state index contributed by atoms with van der Waals surface area (Å²) in [5, 5.41) is 11.0. The molecule has 1 N–H and O–H groups in total. The van der Waals surface area contributed by atoms with Crippen LogP contribution < -0.4 is 4.74 Å². The summed E-state index contributed by atoms with van der Waals surface area (Å²) in [7, 11) is 5.51. The second-order valence-corrected chi connectivity index (χ2v) is 7.79. The van der Waals surface area contributed by atoms with Crippen molar-refractivity contribution >= 4 is 17.4 Å². The fourth-order valence-corrected chi connectivity index (χ4v) is 3.67. The summed E-state index contributed by atoms with van der Waals surface area (Å²) >= 11 is 0. The monoisotopic (exact) mass is 408 g/mol. The predicted octanol–water partition coefficient (Wildman–Crippen LogP) is 3.38. The first-order valence-corrected chi connectivity index (χ1v) is 9.97. The van der Waals surface area contributed by atoms with Crippen LogP contribution in [0.3, 0.4) is 0 Å². The van der Waals surface area contributed by atoms with Gasteiger partial charge in [0.15, 0.2) is 0 Å². The van der Waals surface area contributed by atoms with Crippen molar-refractivity contribution in [3.8, 4) is 5.75 Å². The van der Waals surface area contributed by atoms with Gasteiger partial charge in [0.2, 0.25) is 0 Å². The number of hydrogen-bond acceptors (Lipinski definition) is 5. The number of Topliss-reactive ketones (excluding diaryl/α,β-unsaturated/α-hetero) is 1. The van der Waals surface area contributed by atoms with Gasteiger partial charge in [0.25, 0.3) is 11.7 Å². The first-order chi connectivity index (χ1) is 14.3. The largest absolute Gasteiger partial charge is 0.507 e. The number of rotatable bonds is 7. The van der Waals surface area contributed by atoms with Gasteiger partial charge in [-0.3, -0.25) is 9.59 Å². The number of benzene rings is 2. The van der Waals surface area contributed by atoms with E-state index in [0.29, 0.717) is 17.9 Å². The zero-order chi connectivity index (χ0) is 21.8. The first kappa shape index (κ1) is 21.6. The first-order valence-electron chi connectivity index (χ1n) is 9.97. The van der Waals surface area contributed by atoms with Gasteiger partial charge in [-0.2, -0.15) is 0 Å². The summed E-state index contributed by atoms with van der Waals surface area (Å²) in [5.74, 6) is -0.701. The van der Waals surface area contributed by atoms with Crippen molar-refractivity contribution < 1.29 is 19.4 Å². The van der Waals surface area contributed by atoms with Crippen LogP contribution in [0, 0.1) is 6.92 Å². The highest BCUT2D eigenvalue weighted by Gasteiger charge is 2.45. The number of amides is 1. The Kier molecular flexibility index (Phi) is 6.57. The molecule has 2 aromatic carbocycles. The maximum absolute atomic E-state index is 13.0. The third kappa shape index (κ3) is 4.39. The van der Waals surface area contributed by atoms with Crippen molar-refractivity contribution in [1.29, 1.82) is 0 Å². The standard InChI is InChI=1S/C24H28N2O4/c1-16-6-8-18(9-7-16)22(27)20-21(17-10-12-19(30-4)13-11-17)26(24(29)23(20)28)15-5-14-25(2)3/h6-13,21,27H,5,14-15H2,1-4H3/t21-/m0/s1. The number of aliphatic hydroxyl groups excluding tert-OH is 1. The minimum absolute atomic E-state index is 0.124. The van der Waals surface area contributed by atoms with Crippen molar-refractivity contribution in [3.05, 3.63) is 70.8 Å². The molecular weight excluding hydrogens is 380 g/mol. The van der Waals surface area contributed by atoms with E-state index in [4.69, 9.17) is 4.74 Å². The van der Waals surface area contributed by atoms with E-state index in [1.165, 1.54) is 0 Å². The number of carbonyl (C=O) groups excluding carboxylic acids is 2. The average Bonchev–Trinajstić information content (AvgIpc) is 2.98. The van der Waals surface area contributed by atoms with Crippen LogP contribution in [0.2, 0.25) is 0 Å². The van der Waals surface area contributed by atoms with Gasteiger partial charge in [-0.05, 0) is 51.7 Å². The molecule has 0 unspecified atom stereocenters. The molecule has 0 radical (unpaired) electrons. The van der Waals surface area contributed by atoms with Crippen LogP contribution in [0.4, 0.5) is 0 Å². The van der Waals surface area contributed by atoms with Crippen LogP contribution >= 0.6 is 0 Å². The summed E-state index contributed by atoms with van der Waals surface area (Å²) in [4.78, 5) is 29.4. The van der Waals surface area contributed by atoms with Crippen molar-refractivity contribution in [3.63, 3.8) is 0 Å². The molecule has 0 bridgehead atoms. The molecule has 158 valence electrons. The molecule has 1 atom stereocenters. The zero-order valence-corrected chi connectivity index (χ0v) is 17.9. The lowest BCUT2D eigenvalue weighted by molar-refractivity contribution is -0.139. The molecule has 6 heteroatoms. The van der Waals surface area contributed by atoms with Gasteiger partial charge in [-0.1, -0.05) is 42.0 Å². The Morgan fingerprint density at radius 3 is 2.27 bits per heavy atom. The molecule has 1 aliphatic rings. The molecule has 1 amide bonds. The second-order valence-electron chi connectivity index (χ2n) is 7.79. The number of nitrogens with zero attached hydrogens (tertiary/aromatic N) is 2. The van der Waals surface area contributed by atoms with Gasteiger partial charge in [0.1, 0.15) is 11.5 Å². The highest BCUT2D eigenvalue weighted by molar-refractivity contribution is 6.46. The molecule has 0 spiro atoms. The minimum atomic E-state index is -0.654. The quantitative estimate of drug-likeness (QED) is 0.432. The topological polar surface area (TPSA) is 70.1 Å². The molecule has 0 saturated carbocycles. The van der Waals surface area contributed by atoms with Gasteiger partial charge in [0.05, 0.1) is 18.7 Å². The Labute approximate surface area is 177 Å². The maximum atomic E-state index is 13.0. The van der Waals surface area contributed by atoms with Gasteiger partial charge in [-0.15, -0.1) is 0 Å². The molecule has 2 aromatic rings. The number of likely N-dealkylation sites (tertiary alicyclic amines) is 1. The average molecular weight is 408 g/mol. The lowest BCUT2D eigenvalue weighted by atomic mass is 9.95. The number of hydrogen-bond donors (Lipinski definition) is 1. The van der Waals surface area contributed by atoms with E-state index >= 15 is 0 Å². The third-order valence-electron chi connectivity index (χ3n) is 5.30. The lowest BCUT2D eigenvalue weighted by Crippen LogP contribution is -2.32. The molecule has 30 heavy (non-hydrogen) atoms. The summed E-state index contributed by atoms with van der Waals surface area (Å²) < 4.78 is 5.23. The summed E-state index contributed by atoms with van der Waals surface area (Å²) in [6, 6.07) is 13.9. The fraction of sp³-hybridized carbons (Fsp3) is 0.333. The molecule has 1 fully saturated rings. The normalized spacial score (nSPS) is 18.3. The Balaban J connectivity index is 2.07. The fourth-order valence-electron chi connectivity index (χ4n) is 3.67. The molecule has 6 nitrogen and oxygen atoms in total. The minimum Gasteiger partial charge on any atom is -0.507 e. The summed E-state index contributed by atoms with van der Waals surface area (Å²) in [6.45, 7) is 3.16. The van der Waals surface area contributed by atoms with Gasteiger partial charge in [-0.25, -0.2) is 0 Å². The SMILES string of the molecule is COc1ccc([C@H]2C(=C(O)c3ccc(C)cc3)C(=O)C(=O)N2CCCN(C)C)cc1. The molecule has 1 saturated heterocycles. The Morgan fingerprint density at radius 1 is 1.07 bits per heavy atom. The van der Waals surface area contributed by atoms with Crippen LogP contribution in [0.5, 0.6) is 5.75 Å².